The molecule has 0 fully saturated rings. The molecule has 0 saturated carbocycles. The van der Waals surface area contributed by atoms with Gasteiger partial charge in [0.15, 0.2) is 0 Å². The van der Waals surface area contributed by atoms with Gasteiger partial charge in [-0.1, -0.05) is 112 Å². The molecule has 0 aliphatic carbocycles. The fourth-order valence-corrected chi connectivity index (χ4v) is 6.44. The number of thiophene rings is 1. The van der Waals surface area contributed by atoms with Crippen LogP contribution in [0.25, 0.3) is 0 Å². The van der Waals surface area contributed by atoms with Crippen LogP contribution in [-0.2, 0) is 25.7 Å². The molecule has 0 nitrogen and oxygen atoms in total. The highest BCUT2D eigenvalue weighted by Gasteiger charge is 2.18. The topological polar surface area (TPSA) is 0 Å². The maximum atomic E-state index is 2.30. The second kappa shape index (κ2) is 12.2. The smallest absolute Gasteiger partial charge is 0.00865 e. The van der Waals surface area contributed by atoms with E-state index in [4.69, 9.17) is 0 Å². The number of hydrogen-bond acceptors (Lipinski definition) is 1. The Bertz CT molecular complexity index is 817. The summed E-state index contributed by atoms with van der Waals surface area (Å²) in [6.45, 7) is 0. The summed E-state index contributed by atoms with van der Waals surface area (Å²) >= 11 is 2.16. The van der Waals surface area contributed by atoms with Gasteiger partial charge in [0.1, 0.15) is 0 Å². The predicted octanol–water partition coefficient (Wildman–Crippen LogP) is 8.93. The Morgan fingerprint density at radius 1 is 0.452 bits per heavy atom. The number of fused-ring (bicyclic) bond motifs is 2. The van der Waals surface area contributed by atoms with Gasteiger partial charge in [-0.25, -0.2) is 0 Å². The summed E-state index contributed by atoms with van der Waals surface area (Å²) < 4.78 is 0. The van der Waals surface area contributed by atoms with Gasteiger partial charge in [-0.3, -0.25) is 0 Å². The lowest BCUT2D eigenvalue weighted by atomic mass is 9.92. The largest absolute Gasteiger partial charge is 0.145 e. The fraction of sp³-hybridized carbons (Fsp3) is 0.467. The molecule has 2 heterocycles. The van der Waals surface area contributed by atoms with Crippen LogP contribution in [0.5, 0.6) is 0 Å². The van der Waals surface area contributed by atoms with E-state index < -0.39 is 0 Å². The lowest BCUT2D eigenvalue weighted by Gasteiger charge is -2.11. The number of benzene rings is 2. The molecule has 1 heteroatoms. The van der Waals surface area contributed by atoms with E-state index in [-0.39, 0.29) is 0 Å². The average Bonchev–Trinajstić information content (AvgIpc) is 3.11. The van der Waals surface area contributed by atoms with Crippen LogP contribution in [0.2, 0.25) is 0 Å². The summed E-state index contributed by atoms with van der Waals surface area (Å²) in [7, 11) is 0. The molecular weight excluding hydrogens is 392 g/mol. The van der Waals surface area contributed by atoms with Crippen molar-refractivity contribution in [1.29, 1.82) is 0 Å². The van der Waals surface area contributed by atoms with Crippen molar-refractivity contribution in [2.24, 2.45) is 0 Å². The van der Waals surface area contributed by atoms with Crippen LogP contribution in [0, 0.1) is 0 Å². The fourth-order valence-electron chi connectivity index (χ4n) is 5.01. The molecule has 3 aromatic rings. The number of aryl methyl sites for hydroxylation is 2. The van der Waals surface area contributed by atoms with Gasteiger partial charge in [0, 0.05) is 9.75 Å². The summed E-state index contributed by atoms with van der Waals surface area (Å²) in [5, 5.41) is 0. The molecule has 2 aromatic carbocycles. The van der Waals surface area contributed by atoms with E-state index in [0.29, 0.717) is 0 Å². The maximum absolute atomic E-state index is 2.30. The van der Waals surface area contributed by atoms with Crippen molar-refractivity contribution < 1.29 is 0 Å². The normalized spacial score (nSPS) is 16.4. The van der Waals surface area contributed by atoms with E-state index in [9.17, 15) is 0 Å². The summed E-state index contributed by atoms with van der Waals surface area (Å²) in [4.78, 5) is 3.36. The highest BCUT2D eigenvalue weighted by molar-refractivity contribution is 7.12. The molecule has 0 radical (unpaired) electrons. The minimum atomic E-state index is 1.09. The zero-order valence-electron chi connectivity index (χ0n) is 19.1. The van der Waals surface area contributed by atoms with Crippen LogP contribution in [0.15, 0.2) is 60.7 Å². The second-order valence-electron chi connectivity index (χ2n) is 9.27. The first-order valence-electron chi connectivity index (χ1n) is 12.6. The first kappa shape index (κ1) is 22.3. The van der Waals surface area contributed by atoms with E-state index in [0.717, 1.165) is 12.8 Å². The van der Waals surface area contributed by atoms with Crippen LogP contribution < -0.4 is 0 Å². The molecule has 1 aromatic heterocycles. The molecule has 0 N–H and O–H groups in total. The molecule has 164 valence electrons. The summed E-state index contributed by atoms with van der Waals surface area (Å²) in [5.74, 6) is 0. The molecule has 4 rings (SSSR count). The third kappa shape index (κ3) is 6.81. The number of hydrogen-bond donors (Lipinski definition) is 0. The Hall–Kier alpha value is -1.86. The van der Waals surface area contributed by atoms with Crippen molar-refractivity contribution in [3.63, 3.8) is 0 Å². The first-order valence-corrected chi connectivity index (χ1v) is 13.4. The standard InChI is InChI=1S/C30H38S/c1-2-4-6-8-16-22-30-28(24-26-19-13-10-14-20-26)27(23-25-17-11-9-12-18-25)29(31-30)21-15-7-5-3-1/h9-14,17-20H,1-8,15-16,21-24H2. The van der Waals surface area contributed by atoms with Gasteiger partial charge in [0.05, 0.1) is 0 Å². The Labute approximate surface area is 193 Å². The van der Waals surface area contributed by atoms with Crippen molar-refractivity contribution in [1.82, 2.24) is 0 Å². The molecule has 0 spiro atoms. The van der Waals surface area contributed by atoms with Crippen LogP contribution in [0.1, 0.15) is 96.2 Å². The van der Waals surface area contributed by atoms with Crippen LogP contribution in [-0.4, -0.2) is 0 Å². The Kier molecular flexibility index (Phi) is 8.82. The van der Waals surface area contributed by atoms with Gasteiger partial charge in [-0.15, -0.1) is 11.3 Å². The molecule has 2 bridgehead atoms. The van der Waals surface area contributed by atoms with Crippen molar-refractivity contribution in [2.45, 2.75) is 89.9 Å². The minimum Gasteiger partial charge on any atom is -0.145 e. The molecule has 0 amide bonds. The SMILES string of the molecule is c1ccc(Cc2c3sc(c2Cc2ccccc2)CCCCCCCCCCCC3)cc1. The second-order valence-corrected chi connectivity index (χ2v) is 10.5. The third-order valence-corrected chi connectivity index (χ3v) is 8.18. The quantitative estimate of drug-likeness (QED) is 0.387. The van der Waals surface area contributed by atoms with Crippen molar-refractivity contribution >= 4 is 11.3 Å². The summed E-state index contributed by atoms with van der Waals surface area (Å²) in [6.07, 6.45) is 18.8. The lowest BCUT2D eigenvalue weighted by Crippen LogP contribution is -2.00. The average molecular weight is 431 g/mol. The Morgan fingerprint density at radius 2 is 0.806 bits per heavy atom. The van der Waals surface area contributed by atoms with Gasteiger partial charge >= 0.3 is 0 Å². The van der Waals surface area contributed by atoms with Crippen molar-refractivity contribution in [2.75, 3.05) is 0 Å². The zero-order chi connectivity index (χ0) is 21.1. The molecule has 31 heavy (non-hydrogen) atoms. The highest BCUT2D eigenvalue weighted by atomic mass is 32.1. The Balaban J connectivity index is 1.64. The summed E-state index contributed by atoms with van der Waals surface area (Å²) in [5.41, 5.74) is 6.22. The van der Waals surface area contributed by atoms with E-state index in [2.05, 4.69) is 72.0 Å². The Morgan fingerprint density at radius 3 is 1.19 bits per heavy atom. The first-order chi connectivity index (χ1) is 15.4. The minimum absolute atomic E-state index is 1.09. The van der Waals surface area contributed by atoms with Crippen LogP contribution >= 0.6 is 11.3 Å². The maximum Gasteiger partial charge on any atom is 0.00865 e. The third-order valence-electron chi connectivity index (χ3n) is 6.79. The molecular formula is C30H38S. The van der Waals surface area contributed by atoms with Crippen LogP contribution in [0.4, 0.5) is 0 Å². The van der Waals surface area contributed by atoms with E-state index in [1.54, 1.807) is 20.9 Å². The monoisotopic (exact) mass is 430 g/mol. The highest BCUT2D eigenvalue weighted by Crippen LogP contribution is 2.35. The van der Waals surface area contributed by atoms with Gasteiger partial charge in [0.25, 0.3) is 0 Å². The molecule has 0 saturated heterocycles. The lowest BCUT2D eigenvalue weighted by molar-refractivity contribution is 0.552. The zero-order valence-corrected chi connectivity index (χ0v) is 19.9. The number of rotatable bonds is 4. The van der Waals surface area contributed by atoms with Gasteiger partial charge < -0.3 is 0 Å². The van der Waals surface area contributed by atoms with Crippen molar-refractivity contribution in [3.05, 3.63) is 92.7 Å². The molecule has 0 atom stereocenters. The van der Waals surface area contributed by atoms with Crippen molar-refractivity contribution in [3.8, 4) is 0 Å². The van der Waals surface area contributed by atoms with E-state index >= 15 is 0 Å². The van der Waals surface area contributed by atoms with E-state index in [1.165, 1.54) is 88.2 Å². The van der Waals surface area contributed by atoms with Crippen LogP contribution in [0.3, 0.4) is 0 Å². The predicted molar refractivity (Wildman–Crippen MR) is 136 cm³/mol. The van der Waals surface area contributed by atoms with Gasteiger partial charge in [0.2, 0.25) is 0 Å². The van der Waals surface area contributed by atoms with Gasteiger partial charge in [-0.2, -0.15) is 0 Å². The molecule has 0 unspecified atom stereocenters. The van der Waals surface area contributed by atoms with Gasteiger partial charge in [-0.05, 0) is 60.8 Å². The molecule has 1 aliphatic heterocycles. The molecule has 1 aliphatic rings. The van der Waals surface area contributed by atoms with E-state index in [1.807, 2.05) is 0 Å². The summed E-state index contributed by atoms with van der Waals surface area (Å²) in [6, 6.07) is 22.3.